The van der Waals surface area contributed by atoms with Crippen molar-refractivity contribution in [2.75, 3.05) is 33.4 Å². The largest absolute Gasteiger partial charge is 0.493 e. The number of benzene rings is 2. The SMILES string of the molecule is COc1cc(C)ccc1OCC1CN(C(=O)c2ccccc2C)CCO1. The predicted molar refractivity (Wildman–Crippen MR) is 100 cm³/mol. The van der Waals surface area contributed by atoms with E-state index in [0.717, 1.165) is 16.7 Å². The fourth-order valence-electron chi connectivity index (χ4n) is 3.06. The minimum atomic E-state index is -0.164. The molecule has 1 amide bonds. The van der Waals surface area contributed by atoms with Crippen LogP contribution in [0.2, 0.25) is 0 Å². The van der Waals surface area contributed by atoms with Crippen LogP contribution in [0.3, 0.4) is 0 Å². The van der Waals surface area contributed by atoms with Gasteiger partial charge in [-0.2, -0.15) is 0 Å². The third kappa shape index (κ3) is 4.17. The summed E-state index contributed by atoms with van der Waals surface area (Å²) in [6.45, 7) is 5.95. The molecule has 0 saturated carbocycles. The van der Waals surface area contributed by atoms with Gasteiger partial charge in [0.1, 0.15) is 12.7 Å². The quantitative estimate of drug-likeness (QED) is 0.826. The van der Waals surface area contributed by atoms with Crippen molar-refractivity contribution in [2.45, 2.75) is 20.0 Å². The van der Waals surface area contributed by atoms with Gasteiger partial charge in [-0.15, -0.1) is 0 Å². The first-order chi connectivity index (χ1) is 12.6. The molecule has 0 spiro atoms. The molecule has 138 valence electrons. The van der Waals surface area contributed by atoms with Gasteiger partial charge in [0.2, 0.25) is 0 Å². The average Bonchev–Trinajstić information content (AvgIpc) is 2.67. The maximum atomic E-state index is 12.8. The highest BCUT2D eigenvalue weighted by atomic mass is 16.5. The van der Waals surface area contributed by atoms with E-state index in [2.05, 4.69) is 0 Å². The first-order valence-electron chi connectivity index (χ1n) is 8.82. The Kier molecular flexibility index (Phi) is 5.78. The summed E-state index contributed by atoms with van der Waals surface area (Å²) in [4.78, 5) is 14.6. The van der Waals surface area contributed by atoms with E-state index >= 15 is 0 Å². The van der Waals surface area contributed by atoms with Crippen LogP contribution in [0.25, 0.3) is 0 Å². The summed E-state index contributed by atoms with van der Waals surface area (Å²) in [5.41, 5.74) is 2.84. The van der Waals surface area contributed by atoms with Gasteiger partial charge in [0.15, 0.2) is 11.5 Å². The number of methoxy groups -OCH3 is 1. The van der Waals surface area contributed by atoms with Crippen LogP contribution in [-0.2, 0) is 4.74 Å². The molecule has 0 bridgehead atoms. The summed E-state index contributed by atoms with van der Waals surface area (Å²) < 4.78 is 17.0. The zero-order valence-corrected chi connectivity index (χ0v) is 15.5. The number of carbonyl (C=O) groups excluding carboxylic acids is 1. The van der Waals surface area contributed by atoms with E-state index in [1.165, 1.54) is 0 Å². The highest BCUT2D eigenvalue weighted by Crippen LogP contribution is 2.28. The molecule has 1 unspecified atom stereocenters. The van der Waals surface area contributed by atoms with Crippen LogP contribution in [-0.4, -0.2) is 50.3 Å². The maximum Gasteiger partial charge on any atom is 0.254 e. The Hall–Kier alpha value is -2.53. The first kappa shape index (κ1) is 18.3. The number of carbonyl (C=O) groups is 1. The molecule has 0 aromatic heterocycles. The van der Waals surface area contributed by atoms with E-state index < -0.39 is 0 Å². The molecular formula is C21H25NO4. The molecule has 2 aromatic rings. The summed E-state index contributed by atoms with van der Waals surface area (Å²) in [5.74, 6) is 1.43. The van der Waals surface area contributed by atoms with Crippen LogP contribution >= 0.6 is 0 Å². The molecule has 0 radical (unpaired) electrons. The monoisotopic (exact) mass is 355 g/mol. The van der Waals surface area contributed by atoms with Gasteiger partial charge in [0.25, 0.3) is 5.91 Å². The van der Waals surface area contributed by atoms with Gasteiger partial charge < -0.3 is 19.1 Å². The Morgan fingerprint density at radius 3 is 2.77 bits per heavy atom. The van der Waals surface area contributed by atoms with Crippen LogP contribution in [0.15, 0.2) is 42.5 Å². The molecule has 5 heteroatoms. The second-order valence-corrected chi connectivity index (χ2v) is 6.52. The van der Waals surface area contributed by atoms with E-state index in [0.29, 0.717) is 37.8 Å². The Balaban J connectivity index is 1.62. The molecule has 1 atom stereocenters. The molecule has 1 fully saturated rings. The van der Waals surface area contributed by atoms with Gasteiger partial charge in [-0.1, -0.05) is 24.3 Å². The van der Waals surface area contributed by atoms with Gasteiger partial charge in [0.05, 0.1) is 20.3 Å². The molecule has 0 N–H and O–H groups in total. The van der Waals surface area contributed by atoms with Crippen LogP contribution in [0.4, 0.5) is 0 Å². The topological polar surface area (TPSA) is 48.0 Å². The Bertz CT molecular complexity index is 774. The lowest BCUT2D eigenvalue weighted by atomic mass is 10.1. The molecule has 1 heterocycles. The highest BCUT2D eigenvalue weighted by molar-refractivity contribution is 5.95. The third-order valence-corrected chi connectivity index (χ3v) is 4.55. The lowest BCUT2D eigenvalue weighted by Gasteiger charge is -2.33. The van der Waals surface area contributed by atoms with Gasteiger partial charge in [-0.3, -0.25) is 4.79 Å². The van der Waals surface area contributed by atoms with Crippen LogP contribution < -0.4 is 9.47 Å². The Morgan fingerprint density at radius 2 is 2.00 bits per heavy atom. The normalized spacial score (nSPS) is 17.0. The molecule has 26 heavy (non-hydrogen) atoms. The molecule has 1 aliphatic heterocycles. The third-order valence-electron chi connectivity index (χ3n) is 4.55. The van der Waals surface area contributed by atoms with Crippen LogP contribution in [0.1, 0.15) is 21.5 Å². The van der Waals surface area contributed by atoms with Gasteiger partial charge in [0, 0.05) is 12.1 Å². The van der Waals surface area contributed by atoms with Crippen molar-refractivity contribution in [3.63, 3.8) is 0 Å². The van der Waals surface area contributed by atoms with Crippen molar-refractivity contribution in [2.24, 2.45) is 0 Å². The standard InChI is InChI=1S/C21H25NO4/c1-15-8-9-19(20(12-15)24-3)26-14-17-13-22(10-11-25-17)21(23)18-7-5-4-6-16(18)2/h4-9,12,17H,10-11,13-14H2,1-3H3. The van der Waals surface area contributed by atoms with E-state index in [9.17, 15) is 4.79 Å². The fraction of sp³-hybridized carbons (Fsp3) is 0.381. The van der Waals surface area contributed by atoms with Crippen molar-refractivity contribution >= 4 is 5.91 Å². The number of rotatable bonds is 5. The number of morpholine rings is 1. The smallest absolute Gasteiger partial charge is 0.254 e. The number of nitrogens with zero attached hydrogens (tertiary/aromatic N) is 1. The molecule has 3 rings (SSSR count). The minimum absolute atomic E-state index is 0.0457. The maximum absolute atomic E-state index is 12.8. The summed E-state index contributed by atoms with van der Waals surface area (Å²) >= 11 is 0. The highest BCUT2D eigenvalue weighted by Gasteiger charge is 2.26. The zero-order valence-electron chi connectivity index (χ0n) is 15.5. The van der Waals surface area contributed by atoms with Crippen molar-refractivity contribution in [1.29, 1.82) is 0 Å². The Labute approximate surface area is 154 Å². The molecule has 2 aromatic carbocycles. The predicted octanol–water partition coefficient (Wildman–Crippen LogP) is 3.23. The van der Waals surface area contributed by atoms with E-state index in [4.69, 9.17) is 14.2 Å². The number of hydrogen-bond acceptors (Lipinski definition) is 4. The summed E-state index contributed by atoms with van der Waals surface area (Å²) in [7, 11) is 1.63. The number of amides is 1. The molecule has 1 aliphatic rings. The number of ether oxygens (including phenoxy) is 3. The second-order valence-electron chi connectivity index (χ2n) is 6.52. The van der Waals surface area contributed by atoms with Gasteiger partial charge >= 0.3 is 0 Å². The average molecular weight is 355 g/mol. The molecule has 5 nitrogen and oxygen atoms in total. The van der Waals surface area contributed by atoms with E-state index in [1.807, 2.05) is 61.2 Å². The summed E-state index contributed by atoms with van der Waals surface area (Å²) in [6, 6.07) is 13.5. The summed E-state index contributed by atoms with van der Waals surface area (Å²) in [5, 5.41) is 0. The van der Waals surface area contributed by atoms with Crippen molar-refractivity contribution < 1.29 is 19.0 Å². The van der Waals surface area contributed by atoms with Crippen molar-refractivity contribution in [3.8, 4) is 11.5 Å². The van der Waals surface area contributed by atoms with Crippen LogP contribution in [0.5, 0.6) is 11.5 Å². The number of hydrogen-bond donors (Lipinski definition) is 0. The fourth-order valence-corrected chi connectivity index (χ4v) is 3.06. The molecule has 1 saturated heterocycles. The van der Waals surface area contributed by atoms with E-state index in [-0.39, 0.29) is 12.0 Å². The summed E-state index contributed by atoms with van der Waals surface area (Å²) in [6.07, 6.45) is -0.164. The van der Waals surface area contributed by atoms with E-state index in [1.54, 1.807) is 7.11 Å². The Morgan fingerprint density at radius 1 is 1.19 bits per heavy atom. The zero-order chi connectivity index (χ0) is 18.5. The molecular weight excluding hydrogens is 330 g/mol. The van der Waals surface area contributed by atoms with Crippen molar-refractivity contribution in [1.82, 2.24) is 4.90 Å². The number of aryl methyl sites for hydroxylation is 2. The van der Waals surface area contributed by atoms with Crippen LogP contribution in [0, 0.1) is 13.8 Å². The molecule has 0 aliphatic carbocycles. The second kappa shape index (κ2) is 8.23. The lowest BCUT2D eigenvalue weighted by Crippen LogP contribution is -2.47. The van der Waals surface area contributed by atoms with Gasteiger partial charge in [-0.25, -0.2) is 0 Å². The van der Waals surface area contributed by atoms with Crippen molar-refractivity contribution in [3.05, 3.63) is 59.2 Å². The van der Waals surface area contributed by atoms with Gasteiger partial charge in [-0.05, 0) is 43.2 Å². The minimum Gasteiger partial charge on any atom is -0.493 e. The lowest BCUT2D eigenvalue weighted by molar-refractivity contribution is -0.0404. The first-order valence-corrected chi connectivity index (χ1v) is 8.82.